The lowest BCUT2D eigenvalue weighted by molar-refractivity contribution is -0.137. The molecule has 164 valence electrons. The number of benzene rings is 3. The molecule has 31 heavy (non-hydrogen) atoms. The van der Waals surface area contributed by atoms with Crippen molar-refractivity contribution in [1.29, 1.82) is 0 Å². The second kappa shape index (κ2) is 8.58. The predicted molar refractivity (Wildman–Crippen MR) is 114 cm³/mol. The van der Waals surface area contributed by atoms with Crippen LogP contribution < -0.4 is 9.62 Å². The Hall–Kier alpha value is -3.07. The molecule has 0 saturated carbocycles. The molecular weight excluding hydrogens is 429 g/mol. The average Bonchev–Trinajstić information content (AvgIpc) is 2.70. The Kier molecular flexibility index (Phi) is 6.26. The quantitative estimate of drug-likeness (QED) is 0.608. The molecule has 9 heteroatoms. The first-order valence-corrected chi connectivity index (χ1v) is 11.2. The lowest BCUT2D eigenvalue weighted by atomic mass is 10.1. The first kappa shape index (κ1) is 22.6. The highest BCUT2D eigenvalue weighted by Gasteiger charge is 2.34. The third-order valence-electron chi connectivity index (χ3n) is 4.80. The molecule has 0 bridgehead atoms. The number of hydrogen-bond donors (Lipinski definition) is 1. The van der Waals surface area contributed by atoms with Gasteiger partial charge in [-0.1, -0.05) is 42.5 Å². The van der Waals surface area contributed by atoms with Crippen LogP contribution in [0.4, 0.5) is 18.9 Å². The zero-order valence-corrected chi connectivity index (χ0v) is 17.7. The molecule has 3 aromatic carbocycles. The number of nitrogens with one attached hydrogen (secondary N) is 1. The summed E-state index contributed by atoms with van der Waals surface area (Å²) in [6.45, 7) is 1.48. The number of sulfonamides is 1. The van der Waals surface area contributed by atoms with Crippen molar-refractivity contribution in [3.63, 3.8) is 0 Å². The first-order chi connectivity index (χ1) is 14.5. The standard InChI is InChI=1S/C22H21F3N2O3S/c1-15(21(28)26-14-16-10-11-17-6-3-4-7-18(17)12-16)27(31(2,29)30)20-9-5-8-19(13-20)22(23,24)25/h3-13,15H,14H2,1-2H3,(H,26,28)/t15-/m1/s1. The SMILES string of the molecule is C[C@H](C(=O)NCc1ccc2ccccc2c1)N(c1cccc(C(F)(F)F)c1)S(C)(=O)=O. The summed E-state index contributed by atoms with van der Waals surface area (Å²) < 4.78 is 64.5. The van der Waals surface area contributed by atoms with Crippen molar-refractivity contribution in [2.45, 2.75) is 25.7 Å². The van der Waals surface area contributed by atoms with E-state index in [0.717, 1.165) is 34.7 Å². The Labute approximate surface area is 178 Å². The summed E-state index contributed by atoms with van der Waals surface area (Å²) in [6.07, 6.45) is -3.79. The van der Waals surface area contributed by atoms with Crippen LogP contribution in [0.15, 0.2) is 66.7 Å². The molecule has 0 aliphatic heterocycles. The average molecular weight is 450 g/mol. The Balaban J connectivity index is 1.81. The van der Waals surface area contributed by atoms with Gasteiger partial charge >= 0.3 is 6.18 Å². The Bertz CT molecular complexity index is 1210. The molecule has 0 radical (unpaired) electrons. The molecule has 3 rings (SSSR count). The van der Waals surface area contributed by atoms with Gasteiger partial charge in [0.1, 0.15) is 6.04 Å². The molecule has 0 aromatic heterocycles. The maximum atomic E-state index is 13.1. The topological polar surface area (TPSA) is 66.5 Å². The van der Waals surface area contributed by atoms with Crippen LogP contribution in [0.5, 0.6) is 0 Å². The van der Waals surface area contributed by atoms with E-state index >= 15 is 0 Å². The lowest BCUT2D eigenvalue weighted by Gasteiger charge is -2.28. The number of fused-ring (bicyclic) bond motifs is 1. The fraction of sp³-hybridized carbons (Fsp3) is 0.227. The lowest BCUT2D eigenvalue weighted by Crippen LogP contribution is -2.47. The third kappa shape index (κ3) is 5.35. The van der Waals surface area contributed by atoms with E-state index in [0.29, 0.717) is 10.4 Å². The summed E-state index contributed by atoms with van der Waals surface area (Å²) in [4.78, 5) is 12.7. The zero-order valence-electron chi connectivity index (χ0n) is 16.8. The van der Waals surface area contributed by atoms with E-state index in [4.69, 9.17) is 0 Å². The fourth-order valence-electron chi connectivity index (χ4n) is 3.31. The van der Waals surface area contributed by atoms with Crippen LogP contribution in [0.1, 0.15) is 18.1 Å². The van der Waals surface area contributed by atoms with Crippen LogP contribution in [0.25, 0.3) is 10.8 Å². The summed E-state index contributed by atoms with van der Waals surface area (Å²) in [5, 5.41) is 4.69. The summed E-state index contributed by atoms with van der Waals surface area (Å²) in [6, 6.07) is 16.0. The van der Waals surface area contributed by atoms with Gasteiger partial charge in [0.05, 0.1) is 17.5 Å². The van der Waals surface area contributed by atoms with Crippen molar-refractivity contribution in [2.24, 2.45) is 0 Å². The van der Waals surface area contributed by atoms with Crippen LogP contribution in [0, 0.1) is 0 Å². The molecule has 1 N–H and O–H groups in total. The van der Waals surface area contributed by atoms with Crippen LogP contribution in [0.3, 0.4) is 0 Å². The molecular formula is C22H21F3N2O3S. The highest BCUT2D eigenvalue weighted by Crippen LogP contribution is 2.32. The van der Waals surface area contributed by atoms with Gasteiger partial charge < -0.3 is 5.32 Å². The number of hydrogen-bond acceptors (Lipinski definition) is 3. The predicted octanol–water partition coefficient (Wildman–Crippen LogP) is 4.33. The number of anilines is 1. The molecule has 0 fully saturated rings. The van der Waals surface area contributed by atoms with Crippen molar-refractivity contribution in [2.75, 3.05) is 10.6 Å². The van der Waals surface area contributed by atoms with Crippen LogP contribution in [-0.2, 0) is 27.5 Å². The maximum absolute atomic E-state index is 13.1. The van der Waals surface area contributed by atoms with E-state index in [9.17, 15) is 26.4 Å². The Morgan fingerprint density at radius 2 is 1.68 bits per heavy atom. The number of nitrogens with zero attached hydrogens (tertiary/aromatic N) is 1. The molecule has 0 spiro atoms. The fourth-order valence-corrected chi connectivity index (χ4v) is 4.48. The summed E-state index contributed by atoms with van der Waals surface area (Å²) in [5.74, 6) is -0.629. The second-order valence-electron chi connectivity index (χ2n) is 7.18. The third-order valence-corrected chi connectivity index (χ3v) is 6.04. The molecule has 0 heterocycles. The summed E-state index contributed by atoms with van der Waals surface area (Å²) in [5.41, 5.74) is -0.419. The van der Waals surface area contributed by atoms with E-state index < -0.39 is 33.7 Å². The van der Waals surface area contributed by atoms with Crippen LogP contribution in [0.2, 0.25) is 0 Å². The largest absolute Gasteiger partial charge is 0.416 e. The van der Waals surface area contributed by atoms with E-state index in [1.54, 1.807) is 0 Å². The summed E-state index contributed by atoms with van der Waals surface area (Å²) >= 11 is 0. The zero-order chi connectivity index (χ0) is 22.8. The van der Waals surface area contributed by atoms with Crippen molar-refractivity contribution >= 4 is 32.4 Å². The normalized spacial score (nSPS) is 13.1. The van der Waals surface area contributed by atoms with Gasteiger partial charge in [-0.15, -0.1) is 0 Å². The van der Waals surface area contributed by atoms with Gasteiger partial charge in [-0.25, -0.2) is 8.42 Å². The van der Waals surface area contributed by atoms with Gasteiger partial charge in [0.2, 0.25) is 15.9 Å². The number of alkyl halides is 3. The highest BCUT2D eigenvalue weighted by atomic mass is 32.2. The van der Waals surface area contributed by atoms with Gasteiger partial charge in [-0.2, -0.15) is 13.2 Å². The van der Waals surface area contributed by atoms with Crippen LogP contribution in [-0.4, -0.2) is 26.6 Å². The monoisotopic (exact) mass is 450 g/mol. The highest BCUT2D eigenvalue weighted by molar-refractivity contribution is 7.92. The van der Waals surface area contributed by atoms with Gasteiger partial charge in [0, 0.05) is 6.54 Å². The molecule has 1 atom stereocenters. The first-order valence-electron chi connectivity index (χ1n) is 9.39. The van der Waals surface area contributed by atoms with Gasteiger partial charge in [-0.3, -0.25) is 9.10 Å². The maximum Gasteiger partial charge on any atom is 0.416 e. The number of halogens is 3. The number of carbonyl (C=O) groups is 1. The molecule has 3 aromatic rings. The van der Waals surface area contributed by atoms with Gasteiger partial charge in [-0.05, 0) is 47.5 Å². The molecule has 5 nitrogen and oxygen atoms in total. The minimum Gasteiger partial charge on any atom is -0.350 e. The van der Waals surface area contributed by atoms with Crippen molar-refractivity contribution in [1.82, 2.24) is 5.32 Å². The summed E-state index contributed by atoms with van der Waals surface area (Å²) in [7, 11) is -4.03. The van der Waals surface area contributed by atoms with E-state index in [1.807, 2.05) is 42.5 Å². The van der Waals surface area contributed by atoms with Gasteiger partial charge in [0.15, 0.2) is 0 Å². The molecule has 0 aliphatic rings. The van der Waals surface area contributed by atoms with E-state index in [-0.39, 0.29) is 12.2 Å². The molecule has 0 unspecified atom stereocenters. The van der Waals surface area contributed by atoms with Crippen molar-refractivity contribution < 1.29 is 26.4 Å². The molecule has 1 amide bonds. The number of amides is 1. The number of rotatable bonds is 6. The minimum atomic E-state index is -4.64. The van der Waals surface area contributed by atoms with Crippen LogP contribution >= 0.6 is 0 Å². The minimum absolute atomic E-state index is 0.147. The van der Waals surface area contributed by atoms with Crippen molar-refractivity contribution in [3.8, 4) is 0 Å². The van der Waals surface area contributed by atoms with Crippen molar-refractivity contribution in [3.05, 3.63) is 77.9 Å². The molecule has 0 saturated heterocycles. The van der Waals surface area contributed by atoms with Gasteiger partial charge in [0.25, 0.3) is 0 Å². The van der Waals surface area contributed by atoms with E-state index in [1.165, 1.54) is 13.0 Å². The number of carbonyl (C=O) groups excluding carboxylic acids is 1. The smallest absolute Gasteiger partial charge is 0.350 e. The molecule has 0 aliphatic carbocycles. The van der Waals surface area contributed by atoms with E-state index in [2.05, 4.69) is 5.32 Å². The second-order valence-corrected chi connectivity index (χ2v) is 9.04. The Morgan fingerprint density at radius 1 is 1.00 bits per heavy atom. The Morgan fingerprint density at radius 3 is 2.32 bits per heavy atom.